The highest BCUT2D eigenvalue weighted by Crippen LogP contribution is 2.29. The zero-order chi connectivity index (χ0) is 14.2. The molecule has 7 heteroatoms. The monoisotopic (exact) mass is 305 g/mol. The number of hydrogen-bond acceptors (Lipinski definition) is 3. The second-order valence-corrected chi connectivity index (χ2v) is 6.97. The van der Waals surface area contributed by atoms with Gasteiger partial charge in [-0.05, 0) is 38.0 Å². The van der Waals surface area contributed by atoms with E-state index in [2.05, 4.69) is 0 Å². The predicted molar refractivity (Wildman–Crippen MR) is 69.2 cm³/mol. The van der Waals surface area contributed by atoms with Crippen molar-refractivity contribution in [1.82, 2.24) is 4.90 Å². The summed E-state index contributed by atoms with van der Waals surface area (Å²) in [6, 6.07) is 3.11. The van der Waals surface area contributed by atoms with E-state index in [9.17, 15) is 17.6 Å². The van der Waals surface area contributed by atoms with E-state index < -0.39 is 20.8 Å². The minimum atomic E-state index is -3.98. The molecule has 0 saturated heterocycles. The first kappa shape index (κ1) is 14.3. The van der Waals surface area contributed by atoms with Crippen molar-refractivity contribution in [3.63, 3.8) is 0 Å². The lowest BCUT2D eigenvalue weighted by Gasteiger charge is -2.20. The molecule has 0 spiro atoms. The summed E-state index contributed by atoms with van der Waals surface area (Å²) in [5.74, 6) is -1.24. The van der Waals surface area contributed by atoms with Gasteiger partial charge in [0, 0.05) is 23.3 Å². The number of rotatable bonds is 4. The second kappa shape index (κ2) is 5.09. The van der Waals surface area contributed by atoms with Crippen LogP contribution in [0.15, 0.2) is 23.1 Å². The summed E-state index contributed by atoms with van der Waals surface area (Å²) >= 11 is 0. The first-order valence-corrected chi connectivity index (χ1v) is 8.20. The number of carbonyl (C=O) groups is 1. The Morgan fingerprint density at radius 3 is 2.58 bits per heavy atom. The molecule has 0 unspecified atom stereocenters. The summed E-state index contributed by atoms with van der Waals surface area (Å²) in [7, 11) is 1.22. The Bertz CT molecular complexity index is 613. The molecular weight excluding hydrogens is 293 g/mol. The molecule has 0 heterocycles. The third-order valence-electron chi connectivity index (χ3n) is 3.04. The first-order chi connectivity index (χ1) is 8.84. The maximum absolute atomic E-state index is 13.7. The highest BCUT2D eigenvalue weighted by molar-refractivity contribution is 8.13. The Hall–Kier alpha value is -1.14. The van der Waals surface area contributed by atoms with Gasteiger partial charge in [0.1, 0.15) is 5.82 Å². The number of nitrogens with zero attached hydrogens (tertiary/aromatic N) is 1. The van der Waals surface area contributed by atoms with Crippen LogP contribution in [0.1, 0.15) is 30.1 Å². The van der Waals surface area contributed by atoms with Crippen molar-refractivity contribution >= 4 is 25.6 Å². The molecule has 1 saturated carbocycles. The zero-order valence-corrected chi connectivity index (χ0v) is 11.8. The van der Waals surface area contributed by atoms with E-state index in [4.69, 9.17) is 10.7 Å². The second-order valence-electron chi connectivity index (χ2n) is 4.40. The fourth-order valence-electron chi connectivity index (χ4n) is 1.93. The molecule has 2 rings (SSSR count). The Morgan fingerprint density at radius 2 is 2.11 bits per heavy atom. The van der Waals surface area contributed by atoms with Crippen LogP contribution in [0.3, 0.4) is 0 Å². The summed E-state index contributed by atoms with van der Waals surface area (Å²) in [6.07, 6.45) is 1.80. The van der Waals surface area contributed by atoms with E-state index in [0.29, 0.717) is 6.54 Å². The molecule has 0 aliphatic heterocycles. The van der Waals surface area contributed by atoms with Crippen LogP contribution in [-0.4, -0.2) is 31.8 Å². The number of halogens is 2. The van der Waals surface area contributed by atoms with Crippen LogP contribution in [0.25, 0.3) is 0 Å². The molecule has 1 aromatic rings. The fourth-order valence-corrected chi connectivity index (χ4v) is 2.71. The number of carbonyl (C=O) groups excluding carboxylic acids is 1. The zero-order valence-electron chi connectivity index (χ0n) is 10.3. The Morgan fingerprint density at radius 1 is 1.47 bits per heavy atom. The Kier molecular flexibility index (Phi) is 3.82. The maximum atomic E-state index is 13.7. The van der Waals surface area contributed by atoms with Gasteiger partial charge in [0.2, 0.25) is 0 Å². The van der Waals surface area contributed by atoms with Gasteiger partial charge in [-0.3, -0.25) is 4.79 Å². The fraction of sp³-hybridized carbons (Fsp3) is 0.417. The molecule has 0 bridgehead atoms. The molecule has 0 N–H and O–H groups in total. The van der Waals surface area contributed by atoms with E-state index in [-0.39, 0.29) is 16.5 Å². The molecule has 1 aromatic carbocycles. The van der Waals surface area contributed by atoms with Gasteiger partial charge in [0.15, 0.2) is 0 Å². The standard InChI is InChI=1S/C12H13ClFNO3S/c1-2-15(8-3-4-8)12(16)10-7-9(19(13,17)18)5-6-11(10)14/h5-8H,2-4H2,1H3. The largest absolute Gasteiger partial charge is 0.336 e. The van der Waals surface area contributed by atoms with Crippen LogP contribution < -0.4 is 0 Å². The minimum Gasteiger partial charge on any atom is -0.336 e. The Labute approximate surface area is 115 Å². The summed E-state index contributed by atoms with van der Waals surface area (Å²) in [6.45, 7) is 2.26. The summed E-state index contributed by atoms with van der Waals surface area (Å²) in [4.78, 5) is 13.5. The van der Waals surface area contributed by atoms with Crippen molar-refractivity contribution in [3.8, 4) is 0 Å². The normalized spacial score (nSPS) is 15.3. The number of amides is 1. The van der Waals surface area contributed by atoms with Crippen LogP contribution in [0.5, 0.6) is 0 Å². The predicted octanol–water partition coefficient (Wildman–Crippen LogP) is 2.38. The average Bonchev–Trinajstić information content (AvgIpc) is 3.13. The van der Waals surface area contributed by atoms with Crippen molar-refractivity contribution in [2.45, 2.75) is 30.7 Å². The lowest BCUT2D eigenvalue weighted by molar-refractivity contribution is 0.0747. The molecule has 1 amide bonds. The van der Waals surface area contributed by atoms with Crippen molar-refractivity contribution in [2.24, 2.45) is 0 Å². The lowest BCUT2D eigenvalue weighted by atomic mass is 10.2. The van der Waals surface area contributed by atoms with Gasteiger partial charge in [0.25, 0.3) is 15.0 Å². The third-order valence-corrected chi connectivity index (χ3v) is 4.39. The molecule has 0 aromatic heterocycles. The van der Waals surface area contributed by atoms with Crippen LogP contribution >= 0.6 is 10.7 Å². The Balaban J connectivity index is 2.40. The molecule has 104 valence electrons. The minimum absolute atomic E-state index is 0.133. The van der Waals surface area contributed by atoms with Gasteiger partial charge in [-0.1, -0.05) is 0 Å². The summed E-state index contributed by atoms with van der Waals surface area (Å²) in [5, 5.41) is 0. The average molecular weight is 306 g/mol. The number of hydrogen-bond donors (Lipinski definition) is 0. The molecule has 4 nitrogen and oxygen atoms in total. The molecule has 1 fully saturated rings. The van der Waals surface area contributed by atoms with Gasteiger partial charge < -0.3 is 4.90 Å². The molecule has 1 aliphatic carbocycles. The van der Waals surface area contributed by atoms with Crippen LogP contribution in [-0.2, 0) is 9.05 Å². The highest BCUT2D eigenvalue weighted by Gasteiger charge is 2.33. The molecule has 19 heavy (non-hydrogen) atoms. The molecule has 0 atom stereocenters. The van der Waals surface area contributed by atoms with E-state index in [1.54, 1.807) is 11.8 Å². The van der Waals surface area contributed by atoms with Gasteiger partial charge in [-0.15, -0.1) is 0 Å². The van der Waals surface area contributed by atoms with E-state index in [1.807, 2.05) is 0 Å². The molecule has 0 radical (unpaired) electrons. The molecular formula is C12H13ClFNO3S. The highest BCUT2D eigenvalue weighted by atomic mass is 35.7. The van der Waals surface area contributed by atoms with E-state index in [0.717, 1.165) is 31.0 Å². The van der Waals surface area contributed by atoms with Crippen LogP contribution in [0, 0.1) is 5.82 Å². The topological polar surface area (TPSA) is 54.5 Å². The SMILES string of the molecule is CCN(C(=O)c1cc(S(=O)(=O)Cl)ccc1F)C1CC1. The van der Waals surface area contributed by atoms with E-state index >= 15 is 0 Å². The van der Waals surface area contributed by atoms with Crippen molar-refractivity contribution in [2.75, 3.05) is 6.54 Å². The summed E-state index contributed by atoms with van der Waals surface area (Å²) < 4.78 is 36.1. The van der Waals surface area contributed by atoms with Crippen LogP contribution in [0.4, 0.5) is 4.39 Å². The van der Waals surface area contributed by atoms with Crippen molar-refractivity contribution in [1.29, 1.82) is 0 Å². The quantitative estimate of drug-likeness (QED) is 0.803. The van der Waals surface area contributed by atoms with Crippen molar-refractivity contribution < 1.29 is 17.6 Å². The smallest absolute Gasteiger partial charge is 0.261 e. The van der Waals surface area contributed by atoms with Crippen LogP contribution in [0.2, 0.25) is 0 Å². The first-order valence-electron chi connectivity index (χ1n) is 5.89. The molecule has 1 aliphatic rings. The maximum Gasteiger partial charge on any atom is 0.261 e. The van der Waals surface area contributed by atoms with Gasteiger partial charge in [0.05, 0.1) is 10.5 Å². The van der Waals surface area contributed by atoms with Gasteiger partial charge >= 0.3 is 0 Å². The number of benzene rings is 1. The third kappa shape index (κ3) is 3.06. The van der Waals surface area contributed by atoms with Gasteiger partial charge in [-0.2, -0.15) is 0 Å². The van der Waals surface area contributed by atoms with Crippen molar-refractivity contribution in [3.05, 3.63) is 29.6 Å². The van der Waals surface area contributed by atoms with Gasteiger partial charge in [-0.25, -0.2) is 12.8 Å². The lowest BCUT2D eigenvalue weighted by Crippen LogP contribution is -2.33. The summed E-state index contributed by atoms with van der Waals surface area (Å²) in [5.41, 5.74) is -0.254. The van der Waals surface area contributed by atoms with E-state index in [1.165, 1.54) is 0 Å².